The minimum absolute atomic E-state index is 0.0618. The maximum absolute atomic E-state index is 12.8. The molecule has 7 heteroatoms. The average molecular weight is 419 g/mol. The Hall–Kier alpha value is -2.08. The van der Waals surface area contributed by atoms with Crippen LogP contribution in [0.2, 0.25) is 5.02 Å². The normalized spacial score (nSPS) is 29.3. The second-order valence-electron chi connectivity index (χ2n) is 8.92. The van der Waals surface area contributed by atoms with Crippen LogP contribution in [0.5, 0.6) is 0 Å². The summed E-state index contributed by atoms with van der Waals surface area (Å²) in [4.78, 5) is 36.6. The zero-order valence-electron chi connectivity index (χ0n) is 16.4. The summed E-state index contributed by atoms with van der Waals surface area (Å²) in [5, 5.41) is 6.15. The number of ether oxygens (including phenoxy) is 1. The summed E-state index contributed by atoms with van der Waals surface area (Å²) in [5.41, 5.74) is 0.371. The highest BCUT2D eigenvalue weighted by molar-refractivity contribution is 6.30. The number of carbonyl (C=O) groups is 3. The molecule has 156 valence electrons. The van der Waals surface area contributed by atoms with Gasteiger partial charge >= 0.3 is 5.97 Å². The van der Waals surface area contributed by atoms with E-state index < -0.39 is 11.9 Å². The summed E-state index contributed by atoms with van der Waals surface area (Å²) in [5.74, 6) is 1.30. The molecule has 0 aromatic heterocycles. The molecule has 0 atom stereocenters. The molecule has 2 amide bonds. The molecule has 4 saturated carbocycles. The van der Waals surface area contributed by atoms with E-state index in [9.17, 15) is 14.4 Å². The van der Waals surface area contributed by atoms with Crippen LogP contribution in [0, 0.1) is 23.2 Å². The third kappa shape index (κ3) is 4.74. The molecule has 2 N–H and O–H groups in total. The lowest BCUT2D eigenvalue weighted by Crippen LogP contribution is -2.53. The molecule has 1 aromatic carbocycles. The van der Waals surface area contributed by atoms with E-state index >= 15 is 0 Å². The van der Waals surface area contributed by atoms with Crippen molar-refractivity contribution in [1.29, 1.82) is 0 Å². The number of esters is 1. The molecule has 29 heavy (non-hydrogen) atoms. The van der Waals surface area contributed by atoms with Gasteiger partial charge in [-0.1, -0.05) is 11.6 Å². The standard InChI is InChI=1S/C22H27ClN2O4/c23-17-1-3-18(4-2-17)25-19(26)13-29-20(27)5-6-24-21(28)22-10-14-7-15(11-22)9-16(8-14)12-22/h1-4,14-16H,5-13H2,(H,24,28)(H,25,26). The van der Waals surface area contributed by atoms with Crippen LogP contribution in [-0.2, 0) is 19.1 Å². The smallest absolute Gasteiger partial charge is 0.308 e. The highest BCUT2D eigenvalue weighted by Crippen LogP contribution is 2.60. The van der Waals surface area contributed by atoms with Crippen LogP contribution in [0.1, 0.15) is 44.9 Å². The van der Waals surface area contributed by atoms with Gasteiger partial charge in [0, 0.05) is 22.7 Å². The fourth-order valence-corrected chi connectivity index (χ4v) is 5.93. The number of carbonyl (C=O) groups excluding carboxylic acids is 3. The molecule has 0 radical (unpaired) electrons. The minimum atomic E-state index is -0.498. The Morgan fingerprint density at radius 3 is 2.17 bits per heavy atom. The lowest BCUT2D eigenvalue weighted by Gasteiger charge is -2.55. The predicted molar refractivity (Wildman–Crippen MR) is 109 cm³/mol. The zero-order chi connectivity index (χ0) is 20.4. The lowest BCUT2D eigenvalue weighted by molar-refractivity contribution is -0.148. The van der Waals surface area contributed by atoms with Gasteiger partial charge in [-0.05, 0) is 80.5 Å². The SMILES string of the molecule is O=C(COC(=O)CCNC(=O)C12CC3CC(CC(C3)C1)C2)Nc1ccc(Cl)cc1. The highest BCUT2D eigenvalue weighted by atomic mass is 35.5. The lowest BCUT2D eigenvalue weighted by atomic mass is 9.49. The number of benzene rings is 1. The maximum Gasteiger partial charge on any atom is 0.308 e. The number of hydrogen-bond donors (Lipinski definition) is 2. The summed E-state index contributed by atoms with van der Waals surface area (Å²) in [6, 6.07) is 6.66. The molecule has 4 fully saturated rings. The second-order valence-corrected chi connectivity index (χ2v) is 9.36. The summed E-state index contributed by atoms with van der Waals surface area (Å²) in [6.07, 6.45) is 6.93. The van der Waals surface area contributed by atoms with E-state index in [4.69, 9.17) is 16.3 Å². The zero-order valence-corrected chi connectivity index (χ0v) is 17.2. The first-order chi connectivity index (χ1) is 13.9. The van der Waals surface area contributed by atoms with Crippen LogP contribution in [0.4, 0.5) is 5.69 Å². The quantitative estimate of drug-likeness (QED) is 0.663. The summed E-state index contributed by atoms with van der Waals surface area (Å²) < 4.78 is 5.00. The number of nitrogens with one attached hydrogen (secondary N) is 2. The highest BCUT2D eigenvalue weighted by Gasteiger charge is 2.54. The molecule has 5 rings (SSSR count). The molecule has 4 aliphatic carbocycles. The van der Waals surface area contributed by atoms with Crippen molar-refractivity contribution >= 4 is 35.1 Å². The van der Waals surface area contributed by atoms with Gasteiger partial charge in [0.25, 0.3) is 5.91 Å². The van der Waals surface area contributed by atoms with Gasteiger partial charge in [0.1, 0.15) is 0 Å². The first-order valence-corrected chi connectivity index (χ1v) is 10.8. The first kappa shape index (κ1) is 20.2. The van der Waals surface area contributed by atoms with E-state index in [-0.39, 0.29) is 30.9 Å². The molecular weight excluding hydrogens is 392 g/mol. The summed E-state index contributed by atoms with van der Waals surface area (Å²) in [7, 11) is 0. The van der Waals surface area contributed by atoms with Crippen molar-refractivity contribution in [3.63, 3.8) is 0 Å². The van der Waals surface area contributed by atoms with Gasteiger partial charge in [0.05, 0.1) is 6.42 Å². The van der Waals surface area contributed by atoms with Gasteiger partial charge in [0.15, 0.2) is 6.61 Å². The van der Waals surface area contributed by atoms with Crippen LogP contribution in [-0.4, -0.2) is 30.9 Å². The van der Waals surface area contributed by atoms with Gasteiger partial charge in [-0.2, -0.15) is 0 Å². The predicted octanol–water partition coefficient (Wildman–Crippen LogP) is 3.54. The Morgan fingerprint density at radius 1 is 1.00 bits per heavy atom. The van der Waals surface area contributed by atoms with Gasteiger partial charge in [-0.3, -0.25) is 14.4 Å². The Bertz CT molecular complexity index is 757. The monoisotopic (exact) mass is 418 g/mol. The van der Waals surface area contributed by atoms with E-state index in [0.29, 0.717) is 28.5 Å². The Labute approximate surface area is 175 Å². The fourth-order valence-electron chi connectivity index (χ4n) is 5.80. The molecule has 0 heterocycles. The molecule has 0 saturated heterocycles. The molecule has 6 nitrogen and oxygen atoms in total. The van der Waals surface area contributed by atoms with Crippen molar-refractivity contribution in [3.05, 3.63) is 29.3 Å². The van der Waals surface area contributed by atoms with Crippen molar-refractivity contribution < 1.29 is 19.1 Å². The van der Waals surface area contributed by atoms with Gasteiger partial charge in [0.2, 0.25) is 5.91 Å². The molecule has 4 aliphatic rings. The third-order valence-electron chi connectivity index (χ3n) is 6.63. The summed E-state index contributed by atoms with van der Waals surface area (Å²) >= 11 is 5.80. The maximum atomic E-state index is 12.8. The topological polar surface area (TPSA) is 84.5 Å². The van der Waals surface area contributed by atoms with Crippen LogP contribution < -0.4 is 10.6 Å². The number of rotatable bonds is 7. The number of anilines is 1. The minimum Gasteiger partial charge on any atom is -0.456 e. The van der Waals surface area contributed by atoms with E-state index in [1.807, 2.05) is 0 Å². The van der Waals surface area contributed by atoms with E-state index in [2.05, 4.69) is 10.6 Å². The Kier molecular flexibility index (Phi) is 5.81. The third-order valence-corrected chi connectivity index (χ3v) is 6.88. The summed E-state index contributed by atoms with van der Waals surface area (Å²) in [6.45, 7) is -0.109. The van der Waals surface area contributed by atoms with Gasteiger partial charge < -0.3 is 15.4 Å². The largest absolute Gasteiger partial charge is 0.456 e. The number of amides is 2. The van der Waals surface area contributed by atoms with Crippen molar-refractivity contribution in [2.75, 3.05) is 18.5 Å². The van der Waals surface area contributed by atoms with Gasteiger partial charge in [-0.15, -0.1) is 0 Å². The molecule has 0 spiro atoms. The van der Waals surface area contributed by atoms with Crippen molar-refractivity contribution in [3.8, 4) is 0 Å². The molecule has 4 bridgehead atoms. The van der Waals surface area contributed by atoms with Gasteiger partial charge in [-0.25, -0.2) is 0 Å². The Balaban J connectivity index is 1.16. The fraction of sp³-hybridized carbons (Fsp3) is 0.591. The van der Waals surface area contributed by atoms with E-state index in [1.165, 1.54) is 19.3 Å². The average Bonchev–Trinajstić information content (AvgIpc) is 2.67. The van der Waals surface area contributed by atoms with Crippen LogP contribution in [0.3, 0.4) is 0 Å². The first-order valence-electron chi connectivity index (χ1n) is 10.4. The molecule has 0 aliphatic heterocycles. The van der Waals surface area contributed by atoms with Crippen LogP contribution in [0.25, 0.3) is 0 Å². The number of halogens is 1. The molecular formula is C22H27ClN2O4. The van der Waals surface area contributed by atoms with Crippen LogP contribution >= 0.6 is 11.6 Å². The Morgan fingerprint density at radius 2 is 1.59 bits per heavy atom. The van der Waals surface area contributed by atoms with E-state index in [0.717, 1.165) is 19.3 Å². The van der Waals surface area contributed by atoms with Crippen molar-refractivity contribution in [2.24, 2.45) is 23.2 Å². The van der Waals surface area contributed by atoms with Crippen LogP contribution in [0.15, 0.2) is 24.3 Å². The van der Waals surface area contributed by atoms with Crippen molar-refractivity contribution in [1.82, 2.24) is 5.32 Å². The van der Waals surface area contributed by atoms with E-state index in [1.54, 1.807) is 24.3 Å². The molecule has 0 unspecified atom stereocenters. The van der Waals surface area contributed by atoms with Crippen molar-refractivity contribution in [2.45, 2.75) is 44.9 Å². The number of hydrogen-bond acceptors (Lipinski definition) is 4. The molecule has 1 aromatic rings. The second kappa shape index (κ2) is 8.34.